The molecule has 0 bridgehead atoms. The van der Waals surface area contributed by atoms with E-state index in [2.05, 4.69) is 10.4 Å². The minimum Gasteiger partial charge on any atom is -0.395 e. The van der Waals surface area contributed by atoms with Crippen LogP contribution >= 0.6 is 0 Å². The fourth-order valence-corrected chi connectivity index (χ4v) is 1.47. The van der Waals surface area contributed by atoms with Crippen LogP contribution in [0.25, 0.3) is 5.69 Å². The number of halogens is 2. The molecule has 0 spiro atoms. The molecule has 2 rings (SSSR count). The van der Waals surface area contributed by atoms with Crippen LogP contribution in [-0.2, 0) is 0 Å². The molecule has 0 aliphatic rings. The van der Waals surface area contributed by atoms with Crippen LogP contribution in [0.4, 0.5) is 14.5 Å². The minimum absolute atomic E-state index is 0.0441. The summed E-state index contributed by atoms with van der Waals surface area (Å²) in [5.74, 6) is -2.04. The quantitative estimate of drug-likeness (QED) is 0.786. The number of hydrogen-bond donors (Lipinski definition) is 2. The van der Waals surface area contributed by atoms with E-state index in [4.69, 9.17) is 5.73 Å². The summed E-state index contributed by atoms with van der Waals surface area (Å²) < 4.78 is 27.5. The fourth-order valence-electron chi connectivity index (χ4n) is 1.47. The number of amides is 1. The normalized spacial score (nSPS) is 10.4. The molecule has 5 nitrogen and oxygen atoms in total. The Kier molecular flexibility index (Phi) is 2.97. The monoisotopic (exact) mass is 252 g/mol. The molecule has 0 unspecified atom stereocenters. The predicted molar refractivity (Wildman–Crippen MR) is 61.3 cm³/mol. The van der Waals surface area contributed by atoms with Crippen molar-refractivity contribution in [3.63, 3.8) is 0 Å². The smallest absolute Gasteiger partial charge is 0.271 e. The molecule has 94 valence electrons. The SMILES string of the molecule is CNC(=O)c1ccn(-c2cc(F)cc(F)c2N)n1. The average molecular weight is 252 g/mol. The van der Waals surface area contributed by atoms with Gasteiger partial charge in [-0.2, -0.15) is 5.10 Å². The number of benzene rings is 1. The summed E-state index contributed by atoms with van der Waals surface area (Å²) in [7, 11) is 1.46. The van der Waals surface area contributed by atoms with Gasteiger partial charge in [0.15, 0.2) is 11.5 Å². The lowest BCUT2D eigenvalue weighted by Gasteiger charge is -2.06. The van der Waals surface area contributed by atoms with Gasteiger partial charge in [-0.15, -0.1) is 0 Å². The maximum absolute atomic E-state index is 13.3. The summed E-state index contributed by atoms with van der Waals surface area (Å²) in [6, 6.07) is 3.14. The van der Waals surface area contributed by atoms with E-state index in [1.54, 1.807) is 0 Å². The Morgan fingerprint density at radius 2 is 2.17 bits per heavy atom. The number of aromatic nitrogens is 2. The summed E-state index contributed by atoms with van der Waals surface area (Å²) in [5, 5.41) is 6.27. The Balaban J connectivity index is 2.49. The van der Waals surface area contributed by atoms with E-state index in [0.29, 0.717) is 6.07 Å². The van der Waals surface area contributed by atoms with Gasteiger partial charge in [0.25, 0.3) is 5.91 Å². The highest BCUT2D eigenvalue weighted by Gasteiger charge is 2.13. The lowest BCUT2D eigenvalue weighted by molar-refractivity contribution is 0.0957. The van der Waals surface area contributed by atoms with Crippen molar-refractivity contribution in [1.29, 1.82) is 0 Å². The van der Waals surface area contributed by atoms with Gasteiger partial charge in [0.05, 0.1) is 11.4 Å². The summed E-state index contributed by atoms with van der Waals surface area (Å²) in [5.41, 5.74) is 5.44. The van der Waals surface area contributed by atoms with Crippen LogP contribution in [0.3, 0.4) is 0 Å². The topological polar surface area (TPSA) is 72.9 Å². The van der Waals surface area contributed by atoms with Crippen molar-refractivity contribution >= 4 is 11.6 Å². The Hall–Kier alpha value is -2.44. The third kappa shape index (κ3) is 2.02. The number of carbonyl (C=O) groups is 1. The number of anilines is 1. The molecule has 3 N–H and O–H groups in total. The van der Waals surface area contributed by atoms with Gasteiger partial charge in [-0.05, 0) is 6.07 Å². The van der Waals surface area contributed by atoms with Crippen LogP contribution in [0.1, 0.15) is 10.5 Å². The van der Waals surface area contributed by atoms with Gasteiger partial charge in [0.1, 0.15) is 5.82 Å². The minimum atomic E-state index is -0.873. The van der Waals surface area contributed by atoms with E-state index in [9.17, 15) is 13.6 Å². The second-order valence-corrected chi connectivity index (χ2v) is 3.55. The summed E-state index contributed by atoms with van der Waals surface area (Å²) in [6.07, 6.45) is 1.40. The highest BCUT2D eigenvalue weighted by Crippen LogP contribution is 2.21. The molecule has 0 radical (unpaired) electrons. The van der Waals surface area contributed by atoms with Crippen molar-refractivity contribution in [3.8, 4) is 5.69 Å². The number of carbonyl (C=O) groups excluding carboxylic acids is 1. The third-order valence-electron chi connectivity index (χ3n) is 2.37. The molecule has 0 saturated carbocycles. The highest BCUT2D eigenvalue weighted by molar-refractivity contribution is 5.91. The highest BCUT2D eigenvalue weighted by atomic mass is 19.1. The van der Waals surface area contributed by atoms with Crippen molar-refractivity contribution in [2.24, 2.45) is 0 Å². The van der Waals surface area contributed by atoms with E-state index in [1.807, 2.05) is 0 Å². The first kappa shape index (κ1) is 12.0. The van der Waals surface area contributed by atoms with E-state index in [-0.39, 0.29) is 17.1 Å². The van der Waals surface area contributed by atoms with Crippen LogP contribution in [0, 0.1) is 11.6 Å². The molecular weight excluding hydrogens is 242 g/mol. The Bertz CT molecular complexity index is 609. The molecule has 0 aliphatic carbocycles. The predicted octanol–water partition coefficient (Wildman–Crippen LogP) is 1.09. The van der Waals surface area contributed by atoms with Crippen molar-refractivity contribution in [3.05, 3.63) is 41.7 Å². The Morgan fingerprint density at radius 3 is 2.83 bits per heavy atom. The van der Waals surface area contributed by atoms with Crippen molar-refractivity contribution < 1.29 is 13.6 Å². The molecule has 1 aromatic heterocycles. The number of nitrogen functional groups attached to an aromatic ring is 1. The van der Waals surface area contributed by atoms with Crippen LogP contribution in [-0.4, -0.2) is 22.7 Å². The summed E-state index contributed by atoms with van der Waals surface area (Å²) in [4.78, 5) is 11.3. The van der Waals surface area contributed by atoms with Gasteiger partial charge >= 0.3 is 0 Å². The zero-order chi connectivity index (χ0) is 13.3. The fraction of sp³-hybridized carbons (Fsp3) is 0.0909. The first-order valence-corrected chi connectivity index (χ1v) is 5.05. The van der Waals surface area contributed by atoms with Crippen LogP contribution in [0.5, 0.6) is 0 Å². The molecular formula is C11H10F2N4O. The molecule has 1 aromatic carbocycles. The van der Waals surface area contributed by atoms with Crippen LogP contribution < -0.4 is 11.1 Å². The lowest BCUT2D eigenvalue weighted by Crippen LogP contribution is -2.18. The number of nitrogens with zero attached hydrogens (tertiary/aromatic N) is 2. The van der Waals surface area contributed by atoms with Gasteiger partial charge in [-0.1, -0.05) is 0 Å². The maximum atomic E-state index is 13.3. The van der Waals surface area contributed by atoms with Crippen molar-refractivity contribution in [2.75, 3.05) is 12.8 Å². The van der Waals surface area contributed by atoms with Crippen molar-refractivity contribution in [1.82, 2.24) is 15.1 Å². The Morgan fingerprint density at radius 1 is 1.44 bits per heavy atom. The van der Waals surface area contributed by atoms with Gasteiger partial charge in [-0.25, -0.2) is 13.5 Å². The number of hydrogen-bond acceptors (Lipinski definition) is 3. The Labute approximate surface area is 101 Å². The largest absolute Gasteiger partial charge is 0.395 e. The molecule has 0 fully saturated rings. The van der Waals surface area contributed by atoms with Gasteiger partial charge in [0, 0.05) is 25.4 Å². The van der Waals surface area contributed by atoms with E-state index in [1.165, 1.54) is 19.3 Å². The number of nitrogens with one attached hydrogen (secondary N) is 1. The summed E-state index contributed by atoms with van der Waals surface area (Å²) >= 11 is 0. The third-order valence-corrected chi connectivity index (χ3v) is 2.37. The first-order valence-electron chi connectivity index (χ1n) is 5.05. The lowest BCUT2D eigenvalue weighted by atomic mass is 10.2. The summed E-state index contributed by atoms with van der Waals surface area (Å²) in [6.45, 7) is 0. The second-order valence-electron chi connectivity index (χ2n) is 3.55. The van der Waals surface area contributed by atoms with Crippen molar-refractivity contribution in [2.45, 2.75) is 0 Å². The second kappa shape index (κ2) is 4.44. The van der Waals surface area contributed by atoms with E-state index in [0.717, 1.165) is 10.7 Å². The van der Waals surface area contributed by atoms with Crippen LogP contribution in [0.2, 0.25) is 0 Å². The molecule has 0 atom stereocenters. The molecule has 1 heterocycles. The van der Waals surface area contributed by atoms with E-state index >= 15 is 0 Å². The molecule has 0 saturated heterocycles. The molecule has 1 amide bonds. The molecule has 7 heteroatoms. The molecule has 0 aliphatic heterocycles. The average Bonchev–Trinajstić information content (AvgIpc) is 2.82. The maximum Gasteiger partial charge on any atom is 0.271 e. The number of nitrogens with two attached hydrogens (primary N) is 1. The molecule has 18 heavy (non-hydrogen) atoms. The van der Waals surface area contributed by atoms with Crippen LogP contribution in [0.15, 0.2) is 24.4 Å². The van der Waals surface area contributed by atoms with Gasteiger partial charge in [-0.3, -0.25) is 4.79 Å². The standard InChI is InChI=1S/C11H10F2N4O/c1-15-11(18)8-2-3-17(16-8)9-5-6(12)4-7(13)10(9)14/h2-5H,14H2,1H3,(H,15,18). The van der Waals surface area contributed by atoms with E-state index < -0.39 is 17.5 Å². The first-order chi connectivity index (χ1) is 8.52. The zero-order valence-corrected chi connectivity index (χ0v) is 9.45. The zero-order valence-electron chi connectivity index (χ0n) is 9.45. The van der Waals surface area contributed by atoms with Gasteiger partial charge in [0.2, 0.25) is 0 Å². The van der Waals surface area contributed by atoms with Gasteiger partial charge < -0.3 is 11.1 Å². The number of rotatable bonds is 2. The molecule has 2 aromatic rings.